The molecule has 0 radical (unpaired) electrons. The van der Waals surface area contributed by atoms with Crippen molar-refractivity contribution in [3.05, 3.63) is 48.5 Å². The molecule has 0 fully saturated rings. The van der Waals surface area contributed by atoms with Crippen LogP contribution in [-0.4, -0.2) is 25.6 Å². The number of thiophene rings is 2. The molecule has 0 spiro atoms. The molecule has 2 aromatic carbocycles. The summed E-state index contributed by atoms with van der Waals surface area (Å²) in [5.74, 6) is 0. The summed E-state index contributed by atoms with van der Waals surface area (Å²) < 4.78 is 18.8. The molecule has 1 aliphatic heterocycles. The molecule has 0 unspecified atom stereocenters. The molecule has 0 aliphatic carbocycles. The molecule has 0 bridgehead atoms. The van der Waals surface area contributed by atoms with Gasteiger partial charge in [-0.2, -0.15) is 17.5 Å². The first-order chi connectivity index (χ1) is 26.2. The van der Waals surface area contributed by atoms with Gasteiger partial charge in [-0.1, -0.05) is 167 Å². The van der Waals surface area contributed by atoms with Crippen LogP contribution in [0.1, 0.15) is 142 Å². The van der Waals surface area contributed by atoms with Gasteiger partial charge in [-0.3, -0.25) is 0 Å². The maximum absolute atomic E-state index is 4.78. The second-order valence-electron chi connectivity index (χ2n) is 15.5. The summed E-state index contributed by atoms with van der Waals surface area (Å²) in [4.78, 5) is 5.87. The van der Waals surface area contributed by atoms with Crippen LogP contribution < -0.4 is 10.4 Å². The third-order valence-corrected chi connectivity index (χ3v) is 20.9. The van der Waals surface area contributed by atoms with Gasteiger partial charge in [0.05, 0.1) is 23.5 Å². The van der Waals surface area contributed by atoms with Gasteiger partial charge < -0.3 is 0 Å². The van der Waals surface area contributed by atoms with Crippen LogP contribution in [0.2, 0.25) is 12.1 Å². The lowest BCUT2D eigenvalue weighted by Gasteiger charge is -2.29. The van der Waals surface area contributed by atoms with Crippen LogP contribution in [0.15, 0.2) is 48.5 Å². The molecular weight excluding hydrogens is 741 g/mol. The molecule has 282 valence electrons. The minimum atomic E-state index is -2.03. The van der Waals surface area contributed by atoms with Crippen LogP contribution in [0.3, 0.4) is 0 Å². The predicted molar refractivity (Wildman–Crippen MR) is 239 cm³/mol. The van der Waals surface area contributed by atoms with Crippen LogP contribution in [0.25, 0.3) is 52.7 Å². The number of benzene rings is 2. The highest BCUT2D eigenvalue weighted by Gasteiger charge is 2.47. The lowest BCUT2D eigenvalue weighted by atomic mass is 10.1. The van der Waals surface area contributed by atoms with Gasteiger partial charge in [0.15, 0.2) is 0 Å². The van der Waals surface area contributed by atoms with E-state index in [9.17, 15) is 0 Å². The van der Waals surface area contributed by atoms with E-state index in [1.807, 2.05) is 22.7 Å². The smallest absolute Gasteiger partial charge is 0.122 e. The Hall–Kier alpha value is -2.30. The molecule has 6 aromatic rings. The standard InChI is InChI=1S/C44H58N4S4Si/c1-3-5-7-9-11-13-15-17-19-21-29-53(30-22-20-18-16-14-12-10-8-6-4-2)39-31-37(33-25-23-27-35-41(33)47-51-45-35)49-43(39)44-40(53)32-38(50-44)34-26-24-28-36-42(34)48-52-46-36/h23-28,31-32H,3-22,29-30H2,1-2H3. The van der Waals surface area contributed by atoms with Crippen molar-refractivity contribution < 1.29 is 0 Å². The first kappa shape index (κ1) is 39.0. The normalized spacial score (nSPS) is 13.4. The Morgan fingerprint density at radius 2 is 0.830 bits per heavy atom. The second-order valence-corrected chi connectivity index (χ2v) is 22.9. The van der Waals surface area contributed by atoms with Crippen LogP contribution in [0, 0.1) is 0 Å². The van der Waals surface area contributed by atoms with Gasteiger partial charge in [0.1, 0.15) is 30.1 Å². The predicted octanol–water partition coefficient (Wildman–Crippen LogP) is 14.5. The van der Waals surface area contributed by atoms with E-state index in [4.69, 9.17) is 8.75 Å². The maximum atomic E-state index is 4.78. The molecule has 0 N–H and O–H groups in total. The first-order valence-corrected chi connectivity index (χ1v) is 26.5. The number of unbranched alkanes of at least 4 members (excludes halogenated alkanes) is 18. The van der Waals surface area contributed by atoms with Gasteiger partial charge in [0.25, 0.3) is 0 Å². The van der Waals surface area contributed by atoms with Crippen LogP contribution in [0.5, 0.6) is 0 Å². The fourth-order valence-electron chi connectivity index (χ4n) is 8.74. The molecule has 0 atom stereocenters. The quantitative estimate of drug-likeness (QED) is 0.0452. The molecule has 7 rings (SSSR count). The Labute approximate surface area is 335 Å². The summed E-state index contributed by atoms with van der Waals surface area (Å²) in [5.41, 5.74) is 6.67. The van der Waals surface area contributed by atoms with E-state index in [0.29, 0.717) is 0 Å². The van der Waals surface area contributed by atoms with Gasteiger partial charge in [0.2, 0.25) is 0 Å². The van der Waals surface area contributed by atoms with Crippen molar-refractivity contribution in [1.82, 2.24) is 17.5 Å². The zero-order chi connectivity index (χ0) is 36.3. The third kappa shape index (κ3) is 9.06. The Balaban J connectivity index is 1.16. The van der Waals surface area contributed by atoms with E-state index in [-0.39, 0.29) is 0 Å². The number of hydrogen-bond donors (Lipinski definition) is 0. The Bertz CT molecular complexity index is 1880. The molecule has 0 saturated carbocycles. The summed E-state index contributed by atoms with van der Waals surface area (Å²) in [5, 5.41) is 3.46. The average molecular weight is 799 g/mol. The highest BCUT2D eigenvalue weighted by Crippen LogP contribution is 2.48. The van der Waals surface area contributed by atoms with Gasteiger partial charge in [-0.25, -0.2) is 0 Å². The van der Waals surface area contributed by atoms with Gasteiger partial charge in [-0.15, -0.1) is 22.7 Å². The first-order valence-electron chi connectivity index (χ1n) is 21.0. The van der Waals surface area contributed by atoms with E-state index in [0.717, 1.165) is 22.1 Å². The van der Waals surface area contributed by atoms with Crippen molar-refractivity contribution in [3.8, 4) is 30.6 Å². The summed E-state index contributed by atoms with van der Waals surface area (Å²) in [7, 11) is -2.03. The summed E-state index contributed by atoms with van der Waals surface area (Å²) >= 11 is 6.72. The Morgan fingerprint density at radius 1 is 0.453 bits per heavy atom. The Kier molecular flexibility index (Phi) is 14.3. The monoisotopic (exact) mass is 798 g/mol. The molecule has 0 saturated heterocycles. The molecule has 4 nitrogen and oxygen atoms in total. The largest absolute Gasteiger partial charge is 0.173 e. The molecule has 4 aromatic heterocycles. The molecular formula is C44H58N4S4Si. The zero-order valence-electron chi connectivity index (χ0n) is 32.1. The maximum Gasteiger partial charge on any atom is 0.122 e. The summed E-state index contributed by atoms with van der Waals surface area (Å²) in [6.45, 7) is 4.63. The number of nitrogens with zero attached hydrogens (tertiary/aromatic N) is 4. The van der Waals surface area contributed by atoms with Crippen molar-refractivity contribution in [2.75, 3.05) is 0 Å². The third-order valence-electron chi connectivity index (χ3n) is 11.7. The highest BCUT2D eigenvalue weighted by atomic mass is 32.1. The minimum Gasteiger partial charge on any atom is -0.173 e. The van der Waals surface area contributed by atoms with Crippen LogP contribution in [-0.2, 0) is 0 Å². The number of rotatable bonds is 24. The van der Waals surface area contributed by atoms with Crippen molar-refractivity contribution in [3.63, 3.8) is 0 Å². The SMILES string of the molecule is CCCCCCCCCCCC[Si]1(CCCCCCCCCCCC)c2cc(-c3cccc4nsnc34)sc2-c2sc(-c3cccc4nsnc34)cc21. The number of aromatic nitrogens is 4. The van der Waals surface area contributed by atoms with Crippen molar-refractivity contribution in [2.45, 2.75) is 154 Å². The highest BCUT2D eigenvalue weighted by molar-refractivity contribution is 7.31. The number of hydrogen-bond acceptors (Lipinski definition) is 8. The van der Waals surface area contributed by atoms with E-state index < -0.39 is 8.07 Å². The second kappa shape index (κ2) is 19.5. The molecule has 9 heteroatoms. The molecule has 0 amide bonds. The van der Waals surface area contributed by atoms with Crippen LogP contribution >= 0.6 is 46.1 Å². The van der Waals surface area contributed by atoms with Crippen LogP contribution in [0.4, 0.5) is 0 Å². The zero-order valence-corrected chi connectivity index (χ0v) is 36.4. The Morgan fingerprint density at radius 3 is 1.23 bits per heavy atom. The van der Waals surface area contributed by atoms with Crippen molar-refractivity contribution >= 4 is 86.6 Å². The lowest BCUT2D eigenvalue weighted by molar-refractivity contribution is 0.559. The van der Waals surface area contributed by atoms with E-state index in [1.165, 1.54) is 185 Å². The van der Waals surface area contributed by atoms with Gasteiger partial charge in [-0.05, 0) is 46.7 Å². The van der Waals surface area contributed by atoms with Gasteiger partial charge >= 0.3 is 0 Å². The van der Waals surface area contributed by atoms with Crippen molar-refractivity contribution in [1.29, 1.82) is 0 Å². The summed E-state index contributed by atoms with van der Waals surface area (Å²) in [6.07, 6.45) is 27.8. The molecule has 1 aliphatic rings. The van der Waals surface area contributed by atoms with Crippen molar-refractivity contribution in [2.24, 2.45) is 0 Å². The fraction of sp³-hybridized carbons (Fsp3) is 0.545. The van der Waals surface area contributed by atoms with E-state index in [1.54, 1.807) is 20.1 Å². The van der Waals surface area contributed by atoms with E-state index in [2.05, 4.69) is 71.1 Å². The number of fused-ring (bicyclic) bond motifs is 5. The molecule has 53 heavy (non-hydrogen) atoms. The summed E-state index contributed by atoms with van der Waals surface area (Å²) in [6, 6.07) is 21.1. The van der Waals surface area contributed by atoms with E-state index >= 15 is 0 Å². The lowest BCUT2D eigenvalue weighted by Crippen LogP contribution is -2.54. The molecule has 5 heterocycles. The van der Waals surface area contributed by atoms with Gasteiger partial charge in [0, 0.05) is 30.6 Å². The fourth-order valence-corrected chi connectivity index (χ4v) is 19.3. The average Bonchev–Trinajstić information content (AvgIpc) is 4.02. The minimum absolute atomic E-state index is 1.02. The topological polar surface area (TPSA) is 51.6 Å².